The Bertz CT molecular complexity index is 500. The van der Waals surface area contributed by atoms with Crippen molar-refractivity contribution in [3.63, 3.8) is 0 Å². The number of amides is 2. The zero-order valence-electron chi connectivity index (χ0n) is 12.1. The van der Waals surface area contributed by atoms with Gasteiger partial charge in [0.05, 0.1) is 13.2 Å². The largest absolute Gasteiger partial charge is 0.455 e. The van der Waals surface area contributed by atoms with Gasteiger partial charge >= 0.3 is 6.09 Å². The lowest BCUT2D eigenvalue weighted by Crippen LogP contribution is -2.49. The number of nitrogens with zero attached hydrogens (tertiary/aromatic N) is 1. The van der Waals surface area contributed by atoms with Gasteiger partial charge in [0, 0.05) is 19.1 Å². The predicted molar refractivity (Wildman–Crippen MR) is 75.7 cm³/mol. The van der Waals surface area contributed by atoms with Gasteiger partial charge in [-0.3, -0.25) is 4.79 Å². The standard InChI is InChI=1S/C14H21N3O4/c1-2-20-14(19)16-10-4-3-7-17(9-10)13(18)12-6-5-11(8-15)21-12/h5-6,10H,2-4,7-9,15H2,1H3,(H,16,19). The van der Waals surface area contributed by atoms with Crippen molar-refractivity contribution in [2.75, 3.05) is 19.7 Å². The summed E-state index contributed by atoms with van der Waals surface area (Å²) in [6, 6.07) is 3.24. The molecule has 0 aromatic carbocycles. The molecule has 0 spiro atoms. The third-order valence-electron chi connectivity index (χ3n) is 3.38. The Morgan fingerprint density at radius 2 is 2.33 bits per heavy atom. The van der Waals surface area contributed by atoms with Gasteiger partial charge in [-0.15, -0.1) is 0 Å². The molecule has 7 nitrogen and oxygen atoms in total. The highest BCUT2D eigenvalue weighted by Crippen LogP contribution is 2.16. The molecule has 2 amide bonds. The molecule has 1 atom stereocenters. The van der Waals surface area contributed by atoms with Crippen molar-refractivity contribution in [3.05, 3.63) is 23.7 Å². The fourth-order valence-electron chi connectivity index (χ4n) is 2.38. The number of carbonyl (C=O) groups excluding carboxylic acids is 2. The molecule has 7 heteroatoms. The summed E-state index contributed by atoms with van der Waals surface area (Å²) in [4.78, 5) is 25.4. The molecular formula is C14H21N3O4. The van der Waals surface area contributed by atoms with Crippen molar-refractivity contribution >= 4 is 12.0 Å². The summed E-state index contributed by atoms with van der Waals surface area (Å²) in [6.07, 6.45) is 1.21. The van der Waals surface area contributed by atoms with Crippen molar-refractivity contribution < 1.29 is 18.7 Å². The highest BCUT2D eigenvalue weighted by atomic mass is 16.5. The molecule has 0 aliphatic carbocycles. The second-order valence-electron chi connectivity index (χ2n) is 4.93. The second-order valence-corrected chi connectivity index (χ2v) is 4.93. The van der Waals surface area contributed by atoms with Crippen molar-refractivity contribution in [2.24, 2.45) is 5.73 Å². The van der Waals surface area contributed by atoms with Crippen LogP contribution in [-0.2, 0) is 11.3 Å². The molecule has 1 aliphatic rings. The summed E-state index contributed by atoms with van der Waals surface area (Å²) in [5.41, 5.74) is 5.47. The van der Waals surface area contributed by atoms with Crippen LogP contribution in [0.4, 0.5) is 4.79 Å². The van der Waals surface area contributed by atoms with Crippen LogP contribution >= 0.6 is 0 Å². The normalized spacial score (nSPS) is 18.4. The van der Waals surface area contributed by atoms with Crippen LogP contribution < -0.4 is 11.1 Å². The van der Waals surface area contributed by atoms with Gasteiger partial charge in [0.15, 0.2) is 5.76 Å². The van der Waals surface area contributed by atoms with Gasteiger partial charge in [-0.1, -0.05) is 0 Å². The lowest BCUT2D eigenvalue weighted by atomic mass is 10.1. The first-order chi connectivity index (χ1) is 10.1. The van der Waals surface area contributed by atoms with E-state index in [2.05, 4.69) is 5.32 Å². The van der Waals surface area contributed by atoms with Gasteiger partial charge in [-0.2, -0.15) is 0 Å². The molecule has 1 aromatic heterocycles. The number of alkyl carbamates (subject to hydrolysis) is 1. The number of nitrogens with one attached hydrogen (secondary N) is 1. The lowest BCUT2D eigenvalue weighted by molar-refractivity contribution is 0.0653. The number of ether oxygens (including phenoxy) is 1. The highest BCUT2D eigenvalue weighted by molar-refractivity contribution is 5.91. The van der Waals surface area contributed by atoms with E-state index in [1.807, 2.05) is 0 Å². The minimum Gasteiger partial charge on any atom is -0.455 e. The van der Waals surface area contributed by atoms with Gasteiger partial charge in [0.25, 0.3) is 5.91 Å². The van der Waals surface area contributed by atoms with Gasteiger partial charge in [-0.25, -0.2) is 4.79 Å². The highest BCUT2D eigenvalue weighted by Gasteiger charge is 2.27. The maximum atomic E-state index is 12.3. The van der Waals surface area contributed by atoms with Gasteiger partial charge < -0.3 is 25.1 Å². The van der Waals surface area contributed by atoms with Crippen molar-refractivity contribution in [3.8, 4) is 0 Å². The first kappa shape index (κ1) is 15.4. The third-order valence-corrected chi connectivity index (χ3v) is 3.38. The van der Waals surface area contributed by atoms with Crippen LogP contribution in [-0.4, -0.2) is 42.6 Å². The summed E-state index contributed by atoms with van der Waals surface area (Å²) in [5, 5.41) is 2.77. The number of carbonyl (C=O) groups is 2. The molecule has 1 aromatic rings. The third kappa shape index (κ3) is 3.98. The van der Waals surface area contributed by atoms with Gasteiger partial charge in [0.1, 0.15) is 5.76 Å². The van der Waals surface area contributed by atoms with E-state index in [4.69, 9.17) is 14.9 Å². The molecule has 1 aliphatic heterocycles. The number of piperidine rings is 1. The lowest BCUT2D eigenvalue weighted by Gasteiger charge is -2.32. The first-order valence-corrected chi connectivity index (χ1v) is 7.15. The number of rotatable bonds is 4. The van der Waals surface area contributed by atoms with E-state index in [9.17, 15) is 9.59 Å². The van der Waals surface area contributed by atoms with E-state index >= 15 is 0 Å². The van der Waals surface area contributed by atoms with E-state index in [-0.39, 0.29) is 24.3 Å². The van der Waals surface area contributed by atoms with Crippen LogP contribution in [0.15, 0.2) is 16.5 Å². The number of nitrogens with two attached hydrogens (primary N) is 1. The molecule has 3 N–H and O–H groups in total. The molecule has 1 unspecified atom stereocenters. The van der Waals surface area contributed by atoms with Crippen LogP contribution in [0.25, 0.3) is 0 Å². The molecule has 21 heavy (non-hydrogen) atoms. The molecule has 1 fully saturated rings. The summed E-state index contributed by atoms with van der Waals surface area (Å²) in [5.74, 6) is 0.689. The first-order valence-electron chi connectivity index (χ1n) is 7.15. The topological polar surface area (TPSA) is 97.8 Å². The van der Waals surface area contributed by atoms with Crippen LogP contribution in [0.2, 0.25) is 0 Å². The van der Waals surface area contributed by atoms with E-state index in [1.54, 1.807) is 24.0 Å². The van der Waals surface area contributed by atoms with Gasteiger partial charge in [0.2, 0.25) is 0 Å². The van der Waals surface area contributed by atoms with Crippen LogP contribution in [0.1, 0.15) is 36.1 Å². The molecule has 116 valence electrons. The summed E-state index contributed by atoms with van der Waals surface area (Å²) >= 11 is 0. The van der Waals surface area contributed by atoms with Crippen LogP contribution in [0.3, 0.4) is 0 Å². The molecule has 1 saturated heterocycles. The molecule has 2 rings (SSSR count). The SMILES string of the molecule is CCOC(=O)NC1CCCN(C(=O)c2ccc(CN)o2)C1. The fraction of sp³-hybridized carbons (Fsp3) is 0.571. The summed E-state index contributed by atoms with van der Waals surface area (Å²) in [6.45, 7) is 3.45. The Hall–Kier alpha value is -2.02. The number of hydrogen-bond acceptors (Lipinski definition) is 5. The second kappa shape index (κ2) is 7.12. The monoisotopic (exact) mass is 295 g/mol. The van der Waals surface area contributed by atoms with Crippen molar-refractivity contribution in [2.45, 2.75) is 32.4 Å². The van der Waals surface area contributed by atoms with Crippen LogP contribution in [0, 0.1) is 0 Å². The smallest absolute Gasteiger partial charge is 0.407 e. The number of furan rings is 1. The maximum Gasteiger partial charge on any atom is 0.407 e. The zero-order valence-corrected chi connectivity index (χ0v) is 12.1. The summed E-state index contributed by atoms with van der Waals surface area (Å²) in [7, 11) is 0. The predicted octanol–water partition coefficient (Wildman–Crippen LogP) is 1.09. The maximum absolute atomic E-state index is 12.3. The molecule has 0 bridgehead atoms. The minimum absolute atomic E-state index is 0.0920. The number of likely N-dealkylation sites (tertiary alicyclic amines) is 1. The Labute approximate surface area is 123 Å². The van der Waals surface area contributed by atoms with Gasteiger partial charge in [-0.05, 0) is 31.9 Å². The Morgan fingerprint density at radius 3 is 3.00 bits per heavy atom. The van der Waals surface area contributed by atoms with E-state index in [0.29, 0.717) is 25.5 Å². The van der Waals surface area contributed by atoms with E-state index in [1.165, 1.54) is 0 Å². The van der Waals surface area contributed by atoms with Crippen molar-refractivity contribution in [1.29, 1.82) is 0 Å². The Kier molecular flexibility index (Phi) is 5.21. The quantitative estimate of drug-likeness (QED) is 0.866. The Balaban J connectivity index is 1.93. The minimum atomic E-state index is -0.444. The number of hydrogen-bond donors (Lipinski definition) is 2. The molecule has 0 saturated carbocycles. The summed E-state index contributed by atoms with van der Waals surface area (Å²) < 4.78 is 10.2. The van der Waals surface area contributed by atoms with E-state index in [0.717, 1.165) is 12.8 Å². The fourth-order valence-corrected chi connectivity index (χ4v) is 2.38. The molecule has 2 heterocycles. The van der Waals surface area contributed by atoms with Crippen LogP contribution in [0.5, 0.6) is 0 Å². The molecule has 0 radical (unpaired) electrons. The average molecular weight is 295 g/mol. The molecular weight excluding hydrogens is 274 g/mol. The Morgan fingerprint density at radius 1 is 1.52 bits per heavy atom. The van der Waals surface area contributed by atoms with Crippen molar-refractivity contribution in [1.82, 2.24) is 10.2 Å². The average Bonchev–Trinajstić information content (AvgIpc) is 2.96. The zero-order chi connectivity index (χ0) is 15.2. The van der Waals surface area contributed by atoms with E-state index < -0.39 is 6.09 Å².